The van der Waals surface area contributed by atoms with Gasteiger partial charge >= 0.3 is 0 Å². The molecule has 0 aliphatic heterocycles. The summed E-state index contributed by atoms with van der Waals surface area (Å²) in [5.74, 6) is 1.11. The summed E-state index contributed by atoms with van der Waals surface area (Å²) in [5, 5.41) is 8.85. The number of aromatic nitrogens is 3. The fourth-order valence-corrected chi connectivity index (χ4v) is 3.19. The molecule has 8 heteroatoms. The van der Waals surface area contributed by atoms with Gasteiger partial charge in [0.15, 0.2) is 16.8 Å². The van der Waals surface area contributed by atoms with Crippen molar-refractivity contribution in [2.45, 2.75) is 12.1 Å². The molecule has 0 fully saturated rings. The summed E-state index contributed by atoms with van der Waals surface area (Å²) in [7, 11) is 3.26. The van der Waals surface area contributed by atoms with Crippen molar-refractivity contribution < 1.29 is 18.3 Å². The number of hydrogen-bond donors (Lipinski definition) is 0. The van der Waals surface area contributed by atoms with Crippen LogP contribution in [0.2, 0.25) is 0 Å². The quantitative estimate of drug-likeness (QED) is 0.494. The minimum Gasteiger partial charge on any atom is -0.496 e. The highest BCUT2D eigenvalue weighted by molar-refractivity contribution is 7.99. The van der Waals surface area contributed by atoms with Crippen LogP contribution in [0.4, 0.5) is 4.39 Å². The summed E-state index contributed by atoms with van der Waals surface area (Å²) in [6.07, 6.45) is 1.59. The predicted octanol–water partition coefficient (Wildman–Crippen LogP) is 3.51. The molecule has 3 rings (SSSR count). The highest BCUT2D eigenvalue weighted by Gasteiger charge is 2.18. The molecule has 2 heterocycles. The maximum atomic E-state index is 13.4. The zero-order valence-electron chi connectivity index (χ0n) is 13.9. The Morgan fingerprint density at radius 2 is 2.16 bits per heavy atom. The molecule has 0 radical (unpaired) electrons. The first-order valence-electron chi connectivity index (χ1n) is 7.44. The zero-order valence-corrected chi connectivity index (χ0v) is 14.8. The third-order valence-electron chi connectivity index (χ3n) is 3.73. The average molecular weight is 361 g/mol. The number of thioether (sulfide) groups is 1. The summed E-state index contributed by atoms with van der Waals surface area (Å²) < 4.78 is 25.6. The summed E-state index contributed by atoms with van der Waals surface area (Å²) in [4.78, 5) is 12.4. The molecule has 0 amide bonds. The van der Waals surface area contributed by atoms with E-state index in [9.17, 15) is 9.18 Å². The van der Waals surface area contributed by atoms with Crippen LogP contribution in [0, 0.1) is 12.7 Å². The van der Waals surface area contributed by atoms with E-state index in [4.69, 9.17) is 9.15 Å². The van der Waals surface area contributed by atoms with Crippen molar-refractivity contribution in [1.29, 1.82) is 0 Å². The first-order valence-corrected chi connectivity index (χ1v) is 8.43. The van der Waals surface area contributed by atoms with Gasteiger partial charge in [0.2, 0.25) is 0 Å². The van der Waals surface area contributed by atoms with E-state index in [1.165, 1.54) is 37.1 Å². The molecule has 0 unspecified atom stereocenters. The highest BCUT2D eigenvalue weighted by atomic mass is 32.2. The zero-order chi connectivity index (χ0) is 18.0. The molecule has 25 heavy (non-hydrogen) atoms. The van der Waals surface area contributed by atoms with Crippen molar-refractivity contribution in [1.82, 2.24) is 14.8 Å². The molecule has 0 spiro atoms. The predicted molar refractivity (Wildman–Crippen MR) is 91.4 cm³/mol. The Kier molecular flexibility index (Phi) is 4.89. The van der Waals surface area contributed by atoms with E-state index in [0.29, 0.717) is 16.7 Å². The Labute approximate surface area is 148 Å². The fraction of sp³-hybridized carbons (Fsp3) is 0.235. The molecule has 0 N–H and O–H groups in total. The van der Waals surface area contributed by atoms with Gasteiger partial charge in [-0.05, 0) is 31.2 Å². The van der Waals surface area contributed by atoms with Gasteiger partial charge in [-0.2, -0.15) is 0 Å². The molecule has 0 saturated carbocycles. The minimum absolute atomic E-state index is 0.0934. The lowest BCUT2D eigenvalue weighted by atomic mass is 10.1. The van der Waals surface area contributed by atoms with E-state index < -0.39 is 5.82 Å². The van der Waals surface area contributed by atoms with Gasteiger partial charge in [-0.25, -0.2) is 4.39 Å². The molecule has 0 atom stereocenters. The largest absolute Gasteiger partial charge is 0.496 e. The highest BCUT2D eigenvalue weighted by Crippen LogP contribution is 2.27. The van der Waals surface area contributed by atoms with E-state index in [1.807, 2.05) is 20.0 Å². The standard InChI is InChI=1S/C17H16FN3O3S/c1-10-12(6-7-24-10)16-19-20-17(21(16)2)25-9-14(22)13-8-11(18)4-5-15(13)23-3/h4-8H,9H2,1-3H3. The molecular weight excluding hydrogens is 345 g/mol. The number of aryl methyl sites for hydroxylation is 1. The average Bonchev–Trinajstić information content (AvgIpc) is 3.18. The number of rotatable bonds is 6. The molecule has 1 aromatic carbocycles. The summed E-state index contributed by atoms with van der Waals surface area (Å²) >= 11 is 1.23. The van der Waals surface area contributed by atoms with Crippen molar-refractivity contribution in [3.05, 3.63) is 47.7 Å². The minimum atomic E-state index is -0.481. The van der Waals surface area contributed by atoms with Gasteiger partial charge in [0.25, 0.3) is 0 Å². The molecular formula is C17H16FN3O3S. The van der Waals surface area contributed by atoms with Crippen LogP contribution in [0.1, 0.15) is 16.1 Å². The second kappa shape index (κ2) is 7.10. The summed E-state index contributed by atoms with van der Waals surface area (Å²) in [6.45, 7) is 1.84. The number of carbonyl (C=O) groups is 1. The first-order chi connectivity index (χ1) is 12.0. The number of halogens is 1. The van der Waals surface area contributed by atoms with Crippen LogP contribution in [0.25, 0.3) is 11.4 Å². The van der Waals surface area contributed by atoms with E-state index in [-0.39, 0.29) is 17.1 Å². The van der Waals surface area contributed by atoms with Crippen molar-refractivity contribution in [3.63, 3.8) is 0 Å². The molecule has 130 valence electrons. The van der Waals surface area contributed by atoms with Gasteiger partial charge < -0.3 is 13.7 Å². The first kappa shape index (κ1) is 17.2. The van der Waals surface area contributed by atoms with Crippen LogP contribution < -0.4 is 4.74 Å². The molecule has 0 aliphatic carbocycles. The van der Waals surface area contributed by atoms with E-state index in [0.717, 1.165) is 11.3 Å². The van der Waals surface area contributed by atoms with Gasteiger partial charge in [-0.1, -0.05) is 11.8 Å². The number of hydrogen-bond acceptors (Lipinski definition) is 6. The van der Waals surface area contributed by atoms with Gasteiger partial charge in [-0.3, -0.25) is 4.79 Å². The maximum Gasteiger partial charge on any atom is 0.191 e. The Hall–Kier alpha value is -2.61. The van der Waals surface area contributed by atoms with Crippen LogP contribution in [0.15, 0.2) is 40.1 Å². The molecule has 3 aromatic rings. The smallest absolute Gasteiger partial charge is 0.191 e. The van der Waals surface area contributed by atoms with Crippen molar-refractivity contribution >= 4 is 17.5 Å². The Morgan fingerprint density at radius 3 is 2.84 bits per heavy atom. The van der Waals surface area contributed by atoms with Crippen LogP contribution in [0.5, 0.6) is 5.75 Å². The van der Waals surface area contributed by atoms with Crippen molar-refractivity contribution in [3.8, 4) is 17.1 Å². The number of furan rings is 1. The lowest BCUT2D eigenvalue weighted by Gasteiger charge is -2.07. The summed E-state index contributed by atoms with van der Waals surface area (Å²) in [5.41, 5.74) is 1.06. The van der Waals surface area contributed by atoms with Crippen molar-refractivity contribution in [2.24, 2.45) is 7.05 Å². The molecule has 6 nitrogen and oxygen atoms in total. The van der Waals surface area contributed by atoms with E-state index in [2.05, 4.69) is 10.2 Å². The number of ether oxygens (including phenoxy) is 1. The molecule has 0 aliphatic rings. The van der Waals surface area contributed by atoms with Crippen molar-refractivity contribution in [2.75, 3.05) is 12.9 Å². The monoisotopic (exact) mass is 361 g/mol. The lowest BCUT2D eigenvalue weighted by Crippen LogP contribution is -2.06. The second-order valence-corrected chi connectivity index (χ2v) is 6.25. The SMILES string of the molecule is COc1ccc(F)cc1C(=O)CSc1nnc(-c2ccoc2C)n1C. The summed E-state index contributed by atoms with van der Waals surface area (Å²) in [6, 6.07) is 5.69. The van der Waals surface area contributed by atoms with E-state index >= 15 is 0 Å². The lowest BCUT2D eigenvalue weighted by molar-refractivity contribution is 0.101. The van der Waals surface area contributed by atoms with Gasteiger partial charge in [0.1, 0.15) is 17.3 Å². The number of benzene rings is 1. The maximum absolute atomic E-state index is 13.4. The number of methoxy groups -OCH3 is 1. The Balaban J connectivity index is 1.77. The third kappa shape index (κ3) is 3.43. The molecule has 2 aromatic heterocycles. The second-order valence-electron chi connectivity index (χ2n) is 5.31. The van der Waals surface area contributed by atoms with Gasteiger partial charge in [0, 0.05) is 7.05 Å². The molecule has 0 saturated heterocycles. The normalized spacial score (nSPS) is 10.9. The van der Waals surface area contributed by atoms with Gasteiger partial charge in [0.05, 0.1) is 30.3 Å². The Morgan fingerprint density at radius 1 is 1.36 bits per heavy atom. The van der Waals surface area contributed by atoms with Crippen LogP contribution >= 0.6 is 11.8 Å². The topological polar surface area (TPSA) is 70.2 Å². The van der Waals surface area contributed by atoms with Crippen LogP contribution in [0.3, 0.4) is 0 Å². The number of ketones is 1. The van der Waals surface area contributed by atoms with Crippen LogP contribution in [-0.4, -0.2) is 33.4 Å². The number of Topliss-reactive ketones (excluding diaryl/α,β-unsaturated/α-hetero) is 1. The molecule has 0 bridgehead atoms. The number of nitrogens with zero attached hydrogens (tertiary/aromatic N) is 3. The number of carbonyl (C=O) groups excluding carboxylic acids is 1. The fourth-order valence-electron chi connectivity index (χ4n) is 2.40. The van der Waals surface area contributed by atoms with Gasteiger partial charge in [-0.15, -0.1) is 10.2 Å². The van der Waals surface area contributed by atoms with Crippen LogP contribution in [-0.2, 0) is 7.05 Å². The third-order valence-corrected chi connectivity index (χ3v) is 4.75. The van der Waals surface area contributed by atoms with E-state index in [1.54, 1.807) is 10.8 Å². The Bertz CT molecular complexity index is 920.